The molecule has 0 aliphatic carbocycles. The van der Waals surface area contributed by atoms with E-state index in [-0.39, 0.29) is 19.1 Å². The summed E-state index contributed by atoms with van der Waals surface area (Å²) in [6.07, 6.45) is 1.30. The predicted molar refractivity (Wildman–Crippen MR) is 94.6 cm³/mol. The number of hydrogen-bond acceptors (Lipinski definition) is 5. The molecule has 0 atom stereocenters. The molecule has 0 fully saturated rings. The first kappa shape index (κ1) is 17.3. The number of carbonyl (C=O) groups is 2. The zero-order valence-electron chi connectivity index (χ0n) is 14.1. The van der Waals surface area contributed by atoms with Crippen LogP contribution in [0.15, 0.2) is 42.5 Å². The number of nitriles is 1. The maximum atomic E-state index is 12.6. The molecule has 7 heteroatoms. The molecule has 0 bridgehead atoms. The van der Waals surface area contributed by atoms with Gasteiger partial charge in [-0.15, -0.1) is 0 Å². The van der Waals surface area contributed by atoms with E-state index in [4.69, 9.17) is 11.0 Å². The SMILES string of the molecule is N#CN1Cc2cccc(-c3ccccc3C(=O)NCCOC(N)=O)c2C1. The number of nitrogens with zero attached hydrogens (tertiary/aromatic N) is 2. The van der Waals surface area contributed by atoms with Crippen molar-refractivity contribution >= 4 is 12.0 Å². The molecule has 1 heterocycles. The van der Waals surface area contributed by atoms with E-state index < -0.39 is 6.09 Å². The molecule has 1 aliphatic heterocycles. The molecule has 3 N–H and O–H groups in total. The van der Waals surface area contributed by atoms with Crippen molar-refractivity contribution in [1.29, 1.82) is 5.26 Å². The molecule has 0 unspecified atom stereocenters. The standard InChI is InChI=1S/C19H18N4O3/c20-12-23-10-13-4-3-7-15(17(13)11-23)14-5-1-2-6-16(14)18(24)22-8-9-26-19(21)25/h1-7H,8-11H2,(H2,21,25)(H,22,24). The van der Waals surface area contributed by atoms with Crippen LogP contribution in [-0.4, -0.2) is 30.1 Å². The van der Waals surface area contributed by atoms with E-state index >= 15 is 0 Å². The van der Waals surface area contributed by atoms with Crippen LogP contribution in [-0.2, 0) is 17.8 Å². The number of amides is 2. The Kier molecular flexibility index (Phi) is 5.04. The number of ether oxygens (including phenoxy) is 1. The van der Waals surface area contributed by atoms with Crippen LogP contribution in [0.5, 0.6) is 0 Å². The molecule has 2 aromatic rings. The molecular formula is C19H18N4O3. The van der Waals surface area contributed by atoms with Crippen molar-refractivity contribution in [2.75, 3.05) is 13.2 Å². The summed E-state index contributed by atoms with van der Waals surface area (Å²) in [5.74, 6) is -0.263. The van der Waals surface area contributed by atoms with Crippen LogP contribution in [0.2, 0.25) is 0 Å². The van der Waals surface area contributed by atoms with E-state index in [2.05, 4.69) is 16.2 Å². The van der Waals surface area contributed by atoms with Gasteiger partial charge in [0, 0.05) is 5.56 Å². The van der Waals surface area contributed by atoms with Gasteiger partial charge in [0.15, 0.2) is 6.19 Å². The fourth-order valence-corrected chi connectivity index (χ4v) is 3.07. The van der Waals surface area contributed by atoms with Crippen molar-refractivity contribution in [3.63, 3.8) is 0 Å². The maximum Gasteiger partial charge on any atom is 0.404 e. The van der Waals surface area contributed by atoms with Gasteiger partial charge in [-0.3, -0.25) is 4.79 Å². The van der Waals surface area contributed by atoms with Crippen molar-refractivity contribution in [3.8, 4) is 17.3 Å². The second-order valence-electron chi connectivity index (χ2n) is 5.87. The number of nitrogens with one attached hydrogen (secondary N) is 1. The van der Waals surface area contributed by atoms with Crippen LogP contribution < -0.4 is 11.1 Å². The zero-order valence-corrected chi connectivity index (χ0v) is 14.1. The van der Waals surface area contributed by atoms with E-state index in [0.29, 0.717) is 18.7 Å². The third-order valence-corrected chi connectivity index (χ3v) is 4.22. The summed E-state index contributed by atoms with van der Waals surface area (Å²) in [5.41, 5.74) is 9.32. The highest BCUT2D eigenvalue weighted by Gasteiger charge is 2.23. The number of benzene rings is 2. The van der Waals surface area contributed by atoms with Gasteiger partial charge in [0.2, 0.25) is 0 Å². The lowest BCUT2D eigenvalue weighted by molar-refractivity contribution is 0.0937. The van der Waals surface area contributed by atoms with Crippen molar-refractivity contribution in [1.82, 2.24) is 10.2 Å². The van der Waals surface area contributed by atoms with E-state index in [0.717, 1.165) is 22.3 Å². The lowest BCUT2D eigenvalue weighted by Gasteiger charge is -2.13. The van der Waals surface area contributed by atoms with Crippen LogP contribution in [0.3, 0.4) is 0 Å². The highest BCUT2D eigenvalue weighted by Crippen LogP contribution is 2.34. The Balaban J connectivity index is 1.85. The fraction of sp³-hybridized carbons (Fsp3) is 0.211. The Morgan fingerprint density at radius 1 is 1.15 bits per heavy atom. The normalized spacial score (nSPS) is 12.2. The topological polar surface area (TPSA) is 108 Å². The van der Waals surface area contributed by atoms with E-state index in [1.807, 2.05) is 30.3 Å². The monoisotopic (exact) mass is 350 g/mol. The molecule has 7 nitrogen and oxygen atoms in total. The fourth-order valence-electron chi connectivity index (χ4n) is 3.07. The minimum Gasteiger partial charge on any atom is -0.448 e. The summed E-state index contributed by atoms with van der Waals surface area (Å²) in [4.78, 5) is 24.8. The molecule has 2 aromatic carbocycles. The van der Waals surface area contributed by atoms with Gasteiger partial charge in [-0.2, -0.15) is 5.26 Å². The van der Waals surface area contributed by atoms with Gasteiger partial charge >= 0.3 is 6.09 Å². The maximum absolute atomic E-state index is 12.6. The Bertz CT molecular complexity index is 889. The lowest BCUT2D eigenvalue weighted by atomic mass is 9.93. The van der Waals surface area contributed by atoms with Crippen molar-refractivity contribution < 1.29 is 14.3 Å². The summed E-state index contributed by atoms with van der Waals surface area (Å²) in [5, 5.41) is 11.9. The first-order valence-corrected chi connectivity index (χ1v) is 8.15. The largest absolute Gasteiger partial charge is 0.448 e. The Morgan fingerprint density at radius 3 is 2.69 bits per heavy atom. The molecule has 1 aliphatic rings. The highest BCUT2D eigenvalue weighted by atomic mass is 16.5. The van der Waals surface area contributed by atoms with Gasteiger partial charge in [-0.1, -0.05) is 36.4 Å². The molecule has 0 saturated heterocycles. The Morgan fingerprint density at radius 2 is 1.92 bits per heavy atom. The molecule has 2 amide bonds. The van der Waals surface area contributed by atoms with Gasteiger partial charge in [0.1, 0.15) is 6.61 Å². The van der Waals surface area contributed by atoms with Gasteiger partial charge in [-0.25, -0.2) is 4.79 Å². The van der Waals surface area contributed by atoms with Crippen LogP contribution in [0.1, 0.15) is 21.5 Å². The van der Waals surface area contributed by atoms with E-state index in [1.54, 1.807) is 17.0 Å². The third kappa shape index (κ3) is 3.59. The molecule has 26 heavy (non-hydrogen) atoms. The van der Waals surface area contributed by atoms with Crippen LogP contribution in [0.25, 0.3) is 11.1 Å². The number of nitrogens with two attached hydrogens (primary N) is 1. The minimum atomic E-state index is -0.874. The van der Waals surface area contributed by atoms with Crippen LogP contribution >= 0.6 is 0 Å². The quantitative estimate of drug-likeness (QED) is 0.633. The van der Waals surface area contributed by atoms with Crippen LogP contribution in [0, 0.1) is 11.5 Å². The van der Waals surface area contributed by atoms with Gasteiger partial charge in [0.05, 0.1) is 19.6 Å². The molecule has 0 saturated carbocycles. The number of primary amides is 1. The van der Waals surface area contributed by atoms with Gasteiger partial charge in [-0.05, 0) is 28.3 Å². The average Bonchev–Trinajstić information content (AvgIpc) is 3.08. The zero-order chi connectivity index (χ0) is 18.5. The van der Waals surface area contributed by atoms with E-state index in [1.165, 1.54) is 0 Å². The van der Waals surface area contributed by atoms with E-state index in [9.17, 15) is 9.59 Å². The summed E-state index contributed by atoms with van der Waals surface area (Å²) in [6.45, 7) is 1.30. The second-order valence-corrected chi connectivity index (χ2v) is 5.87. The highest BCUT2D eigenvalue weighted by molar-refractivity contribution is 6.01. The predicted octanol–water partition coefficient (Wildman–Crippen LogP) is 1.98. The summed E-state index contributed by atoms with van der Waals surface area (Å²) >= 11 is 0. The molecule has 0 spiro atoms. The Labute approximate surface area is 151 Å². The second kappa shape index (κ2) is 7.57. The summed E-state index contributed by atoms with van der Waals surface area (Å²) < 4.78 is 4.62. The smallest absolute Gasteiger partial charge is 0.404 e. The summed E-state index contributed by atoms with van der Waals surface area (Å²) in [7, 11) is 0. The number of hydrogen-bond donors (Lipinski definition) is 2. The van der Waals surface area contributed by atoms with Crippen molar-refractivity contribution in [2.24, 2.45) is 5.73 Å². The molecule has 0 radical (unpaired) electrons. The number of fused-ring (bicyclic) bond motifs is 1. The number of rotatable bonds is 5. The van der Waals surface area contributed by atoms with Crippen LogP contribution in [0.4, 0.5) is 4.79 Å². The molecular weight excluding hydrogens is 332 g/mol. The summed E-state index contributed by atoms with van der Waals surface area (Å²) in [6, 6.07) is 13.2. The third-order valence-electron chi connectivity index (χ3n) is 4.22. The molecule has 3 rings (SSSR count). The minimum absolute atomic E-state index is 0.0150. The first-order valence-electron chi connectivity index (χ1n) is 8.15. The molecule has 132 valence electrons. The lowest BCUT2D eigenvalue weighted by Crippen LogP contribution is -2.29. The average molecular weight is 350 g/mol. The van der Waals surface area contributed by atoms with Gasteiger partial charge < -0.3 is 20.7 Å². The first-order chi connectivity index (χ1) is 12.6. The Hall–Kier alpha value is -3.53. The van der Waals surface area contributed by atoms with Gasteiger partial charge in [0.25, 0.3) is 5.91 Å². The van der Waals surface area contributed by atoms with Crippen molar-refractivity contribution in [2.45, 2.75) is 13.1 Å². The molecule has 0 aromatic heterocycles. The number of carbonyl (C=O) groups excluding carboxylic acids is 2. The van der Waals surface area contributed by atoms with Crippen molar-refractivity contribution in [3.05, 3.63) is 59.2 Å².